The molecular formula is C22H15ClN4O3S. The Morgan fingerprint density at radius 2 is 1.97 bits per heavy atom. The van der Waals surface area contributed by atoms with Gasteiger partial charge in [0.05, 0.1) is 27.7 Å². The van der Waals surface area contributed by atoms with E-state index in [-0.39, 0.29) is 0 Å². The highest BCUT2D eigenvalue weighted by atomic mass is 35.5. The van der Waals surface area contributed by atoms with Crippen LogP contribution in [0.4, 0.5) is 5.69 Å². The summed E-state index contributed by atoms with van der Waals surface area (Å²) in [6, 6.07) is 17.6. The van der Waals surface area contributed by atoms with Crippen molar-refractivity contribution in [3.8, 4) is 11.8 Å². The summed E-state index contributed by atoms with van der Waals surface area (Å²) in [6.45, 7) is 1.38. The molecule has 4 aromatic rings. The number of halogens is 1. The number of amides is 1. The van der Waals surface area contributed by atoms with E-state index >= 15 is 0 Å². The van der Waals surface area contributed by atoms with Crippen LogP contribution < -0.4 is 5.32 Å². The van der Waals surface area contributed by atoms with E-state index in [1.807, 2.05) is 31.2 Å². The molecule has 2 heterocycles. The molecule has 0 saturated heterocycles. The van der Waals surface area contributed by atoms with Crippen LogP contribution in [0.25, 0.3) is 15.9 Å². The van der Waals surface area contributed by atoms with Gasteiger partial charge in [-0.2, -0.15) is 10.4 Å². The van der Waals surface area contributed by atoms with E-state index in [2.05, 4.69) is 10.4 Å². The summed E-state index contributed by atoms with van der Waals surface area (Å²) >= 11 is 7.51. The third-order valence-electron chi connectivity index (χ3n) is 4.48. The average molecular weight is 451 g/mol. The van der Waals surface area contributed by atoms with Crippen molar-refractivity contribution in [3.05, 3.63) is 75.8 Å². The van der Waals surface area contributed by atoms with E-state index in [1.54, 1.807) is 41.1 Å². The van der Waals surface area contributed by atoms with E-state index in [1.165, 1.54) is 11.3 Å². The molecule has 154 valence electrons. The van der Waals surface area contributed by atoms with Gasteiger partial charge in [0, 0.05) is 5.39 Å². The lowest BCUT2D eigenvalue weighted by Gasteiger charge is -2.07. The molecule has 0 aliphatic rings. The molecule has 0 aliphatic carbocycles. The smallest absolute Gasteiger partial charge is 0.348 e. The number of hydrogen-bond acceptors (Lipinski definition) is 6. The van der Waals surface area contributed by atoms with Crippen molar-refractivity contribution in [2.45, 2.75) is 6.92 Å². The van der Waals surface area contributed by atoms with Gasteiger partial charge in [-0.25, -0.2) is 9.48 Å². The van der Waals surface area contributed by atoms with Gasteiger partial charge in [0.2, 0.25) is 0 Å². The molecule has 0 saturated carbocycles. The van der Waals surface area contributed by atoms with Gasteiger partial charge < -0.3 is 10.1 Å². The number of carbonyl (C=O) groups excluding carboxylic acids is 2. The summed E-state index contributed by atoms with van der Waals surface area (Å²) in [4.78, 5) is 25.8. The molecule has 31 heavy (non-hydrogen) atoms. The Hall–Kier alpha value is -3.67. The minimum Gasteiger partial charge on any atom is -0.451 e. The van der Waals surface area contributed by atoms with Gasteiger partial charge in [0.25, 0.3) is 5.91 Å². The number of benzene rings is 2. The Bertz CT molecular complexity index is 1350. The molecule has 0 aliphatic heterocycles. The molecule has 0 spiro atoms. The van der Waals surface area contributed by atoms with Gasteiger partial charge in [-0.1, -0.05) is 35.9 Å². The highest BCUT2D eigenvalue weighted by molar-refractivity contribution is 7.20. The van der Waals surface area contributed by atoms with E-state index < -0.39 is 18.5 Å². The zero-order chi connectivity index (χ0) is 22.0. The number of fused-ring (bicyclic) bond motifs is 1. The Kier molecular flexibility index (Phi) is 5.71. The highest BCUT2D eigenvalue weighted by Crippen LogP contribution is 2.32. The summed E-state index contributed by atoms with van der Waals surface area (Å²) in [5.74, 6) is -1.15. The van der Waals surface area contributed by atoms with Crippen LogP contribution in [0.5, 0.6) is 0 Å². The van der Waals surface area contributed by atoms with E-state index in [4.69, 9.17) is 21.6 Å². The Balaban J connectivity index is 1.50. The fourth-order valence-corrected chi connectivity index (χ4v) is 4.30. The second-order valence-electron chi connectivity index (χ2n) is 6.56. The van der Waals surface area contributed by atoms with Crippen LogP contribution in [0, 0.1) is 18.3 Å². The lowest BCUT2D eigenvalue weighted by molar-refractivity contribution is -0.119. The van der Waals surface area contributed by atoms with Gasteiger partial charge in [0.15, 0.2) is 6.61 Å². The monoisotopic (exact) mass is 450 g/mol. The van der Waals surface area contributed by atoms with Gasteiger partial charge >= 0.3 is 5.97 Å². The first-order valence-corrected chi connectivity index (χ1v) is 10.4. The van der Waals surface area contributed by atoms with Crippen LogP contribution in [0.1, 0.15) is 20.9 Å². The SMILES string of the molecule is Cc1nn(-c2ccccc2Cl)c2sc(C(=O)OCC(=O)Nc3ccccc3C#N)cc12. The third-order valence-corrected chi connectivity index (χ3v) is 5.89. The average Bonchev–Trinajstić information content (AvgIpc) is 3.34. The van der Waals surface area contributed by atoms with Gasteiger partial charge in [-0.3, -0.25) is 4.79 Å². The fraction of sp³-hybridized carbons (Fsp3) is 0.0909. The maximum absolute atomic E-state index is 12.5. The van der Waals surface area contributed by atoms with Crippen molar-refractivity contribution in [1.29, 1.82) is 5.26 Å². The summed E-state index contributed by atoms with van der Waals surface area (Å²) in [7, 11) is 0. The summed E-state index contributed by atoms with van der Waals surface area (Å²) < 4.78 is 6.86. The van der Waals surface area contributed by atoms with Crippen LogP contribution >= 0.6 is 22.9 Å². The van der Waals surface area contributed by atoms with Gasteiger partial charge in [0.1, 0.15) is 15.8 Å². The first kappa shape index (κ1) is 20.6. The maximum Gasteiger partial charge on any atom is 0.348 e. The van der Waals surface area contributed by atoms with E-state index in [0.29, 0.717) is 26.8 Å². The lowest BCUT2D eigenvalue weighted by Crippen LogP contribution is -2.21. The molecule has 1 amide bonds. The first-order chi connectivity index (χ1) is 15.0. The second kappa shape index (κ2) is 8.60. The predicted molar refractivity (Wildman–Crippen MR) is 119 cm³/mol. The third kappa shape index (κ3) is 4.14. The highest BCUT2D eigenvalue weighted by Gasteiger charge is 2.20. The van der Waals surface area contributed by atoms with E-state index in [9.17, 15) is 9.59 Å². The zero-order valence-electron chi connectivity index (χ0n) is 16.3. The van der Waals surface area contributed by atoms with Crippen molar-refractivity contribution >= 4 is 50.7 Å². The molecule has 2 aromatic heterocycles. The van der Waals surface area contributed by atoms with Crippen LogP contribution in [0.15, 0.2) is 54.6 Å². The number of nitrogens with one attached hydrogen (secondary N) is 1. The molecule has 0 radical (unpaired) electrons. The number of nitriles is 1. The van der Waals surface area contributed by atoms with Crippen LogP contribution in [-0.2, 0) is 9.53 Å². The number of rotatable bonds is 5. The van der Waals surface area contributed by atoms with Gasteiger partial charge in [-0.15, -0.1) is 11.3 Å². The van der Waals surface area contributed by atoms with Crippen molar-refractivity contribution in [2.24, 2.45) is 0 Å². The van der Waals surface area contributed by atoms with Crippen LogP contribution in [0.3, 0.4) is 0 Å². The first-order valence-electron chi connectivity index (χ1n) is 9.18. The Morgan fingerprint density at radius 3 is 2.74 bits per heavy atom. The number of aryl methyl sites for hydroxylation is 1. The summed E-state index contributed by atoms with van der Waals surface area (Å²) in [5, 5.41) is 17.5. The number of esters is 1. The number of carbonyl (C=O) groups is 2. The second-order valence-corrected chi connectivity index (χ2v) is 8.00. The minimum absolute atomic E-state index is 0.325. The standard InChI is InChI=1S/C22H15ClN4O3S/c1-13-15-10-19(31-21(15)27(26-13)18-9-5-3-7-16(18)23)22(29)30-12-20(28)25-17-8-4-2-6-14(17)11-24/h2-10H,12H2,1H3,(H,25,28). The number of aromatic nitrogens is 2. The van der Waals surface area contributed by atoms with Crippen molar-refractivity contribution in [2.75, 3.05) is 11.9 Å². The molecule has 0 fully saturated rings. The normalized spacial score (nSPS) is 10.6. The number of nitrogens with zero attached hydrogens (tertiary/aromatic N) is 3. The molecule has 1 N–H and O–H groups in total. The fourth-order valence-electron chi connectivity index (χ4n) is 3.01. The Morgan fingerprint density at radius 1 is 1.23 bits per heavy atom. The molecule has 0 atom stereocenters. The molecule has 7 nitrogen and oxygen atoms in total. The number of anilines is 1. The Labute approximate surface area is 186 Å². The van der Waals surface area contributed by atoms with E-state index in [0.717, 1.165) is 15.9 Å². The van der Waals surface area contributed by atoms with Crippen molar-refractivity contribution in [1.82, 2.24) is 9.78 Å². The molecule has 0 unspecified atom stereocenters. The number of ether oxygens (including phenoxy) is 1. The summed E-state index contributed by atoms with van der Waals surface area (Å²) in [5.41, 5.74) is 2.14. The minimum atomic E-state index is -0.616. The number of para-hydroxylation sites is 2. The zero-order valence-corrected chi connectivity index (χ0v) is 17.8. The number of thiophene rings is 1. The lowest BCUT2D eigenvalue weighted by atomic mass is 10.2. The largest absolute Gasteiger partial charge is 0.451 e. The molecular weight excluding hydrogens is 436 g/mol. The quantitative estimate of drug-likeness (QED) is 0.444. The molecule has 2 aromatic carbocycles. The van der Waals surface area contributed by atoms with Crippen LogP contribution in [-0.4, -0.2) is 28.3 Å². The van der Waals surface area contributed by atoms with Crippen molar-refractivity contribution < 1.29 is 14.3 Å². The molecule has 0 bridgehead atoms. The maximum atomic E-state index is 12.5. The van der Waals surface area contributed by atoms with Crippen LogP contribution in [0.2, 0.25) is 5.02 Å². The molecule has 4 rings (SSSR count). The topological polar surface area (TPSA) is 97.0 Å². The summed E-state index contributed by atoms with van der Waals surface area (Å²) in [6.07, 6.45) is 0. The predicted octanol–water partition coefficient (Wildman–Crippen LogP) is 4.72. The number of hydrogen-bond donors (Lipinski definition) is 1. The molecule has 9 heteroatoms. The van der Waals surface area contributed by atoms with Crippen molar-refractivity contribution in [3.63, 3.8) is 0 Å². The van der Waals surface area contributed by atoms with Gasteiger partial charge in [-0.05, 0) is 37.3 Å².